The van der Waals surface area contributed by atoms with Crippen LogP contribution >= 0.6 is 78.2 Å². The lowest BCUT2D eigenvalue weighted by Crippen LogP contribution is -2.89. The summed E-state index contributed by atoms with van der Waals surface area (Å²) in [5.41, 5.74) is 15.8. The summed E-state index contributed by atoms with van der Waals surface area (Å²) >= 11 is 45.8. The Bertz CT molecular complexity index is 868. The van der Waals surface area contributed by atoms with Gasteiger partial charge in [0.1, 0.15) is 0 Å². The van der Waals surface area contributed by atoms with Gasteiger partial charge in [-0.25, -0.2) is 0 Å². The molecule has 308 valence electrons. The number of halogens is 6. The van der Waals surface area contributed by atoms with Gasteiger partial charge in [-0.3, -0.25) is 0 Å². The second kappa shape index (κ2) is 21.5. The van der Waals surface area contributed by atoms with E-state index in [0.717, 1.165) is 25.7 Å². The molecular weight excluding hydrogens is 874 g/mol. The van der Waals surface area contributed by atoms with Gasteiger partial charge in [-0.1, -0.05) is 182 Å². The Kier molecular flexibility index (Phi) is 22.9. The maximum absolute atomic E-state index is 8.54. The van der Waals surface area contributed by atoms with Crippen molar-refractivity contribution < 1.29 is 0 Å². The molecule has 0 aromatic heterocycles. The first kappa shape index (κ1) is 54.3. The van der Waals surface area contributed by atoms with Gasteiger partial charge < -0.3 is 11.5 Å². The monoisotopic (exact) mass is 952 g/mol. The van der Waals surface area contributed by atoms with E-state index in [4.69, 9.17) is 77.9 Å². The van der Waals surface area contributed by atoms with E-state index in [2.05, 4.69) is 109 Å². The van der Waals surface area contributed by atoms with Crippen molar-refractivity contribution in [1.82, 2.24) is 0 Å². The highest BCUT2D eigenvalue weighted by Gasteiger charge is 2.78. The summed E-state index contributed by atoms with van der Waals surface area (Å²) < 4.78 is -0.418. The van der Waals surface area contributed by atoms with Crippen LogP contribution in [0.15, 0.2) is 0 Å². The van der Waals surface area contributed by atoms with Crippen molar-refractivity contribution in [2.24, 2.45) is 11.5 Å². The van der Waals surface area contributed by atoms with E-state index in [0.29, 0.717) is 12.1 Å². The van der Waals surface area contributed by atoms with Crippen molar-refractivity contribution in [3.8, 4) is 0 Å². The minimum Gasteiger partial charge on any atom is -0.325 e. The van der Waals surface area contributed by atoms with Gasteiger partial charge in [0.25, 0.3) is 0 Å². The molecule has 0 saturated heterocycles. The zero-order chi connectivity index (χ0) is 40.4. The van der Waals surface area contributed by atoms with Crippen molar-refractivity contribution in [3.05, 3.63) is 0 Å². The number of hydrogen-bond donors (Lipinski definition) is 2. The first-order valence-corrected chi connectivity index (χ1v) is 42.7. The van der Waals surface area contributed by atoms with Crippen LogP contribution in [0.5, 0.6) is 0 Å². The van der Waals surface area contributed by atoms with Crippen molar-refractivity contribution in [2.45, 2.75) is 226 Å². The van der Waals surface area contributed by atoms with Crippen molar-refractivity contribution >= 4 is 123 Å². The quantitative estimate of drug-likeness (QED) is 0.0607. The largest absolute Gasteiger partial charge is 0.343 e. The van der Waals surface area contributed by atoms with E-state index < -0.39 is 55.4 Å². The van der Waals surface area contributed by atoms with E-state index in [1.165, 1.54) is 72.5 Å². The van der Waals surface area contributed by atoms with Crippen LogP contribution in [-0.4, -0.2) is 63.4 Å². The average molecular weight is 956 g/mol. The normalized spacial score (nSPS) is 17.1. The zero-order valence-electron chi connectivity index (χ0n) is 35.6. The smallest absolute Gasteiger partial charge is 0.325 e. The maximum Gasteiger partial charge on any atom is 0.343 e. The summed E-state index contributed by atoms with van der Waals surface area (Å²) in [6, 6.07) is 8.57. The molecule has 15 heteroatoms. The third-order valence-corrected chi connectivity index (χ3v) is 58.1. The molecule has 0 aromatic rings. The number of nitrogens with two attached hydrogens (primary N) is 2. The first-order chi connectivity index (χ1) is 23.5. The van der Waals surface area contributed by atoms with E-state index in [9.17, 15) is 0 Å². The van der Waals surface area contributed by atoms with Crippen LogP contribution in [0.1, 0.15) is 123 Å². The van der Waals surface area contributed by atoms with Crippen LogP contribution in [0.25, 0.3) is 0 Å². The molecule has 2 nitrogen and oxygen atoms in total. The Morgan fingerprint density at radius 2 is 0.549 bits per heavy atom. The minimum absolute atomic E-state index is 0.209. The molecule has 0 saturated carbocycles. The van der Waals surface area contributed by atoms with Crippen LogP contribution in [0.3, 0.4) is 0 Å². The predicted molar refractivity (Wildman–Crippen MR) is 262 cm³/mol. The van der Waals surface area contributed by atoms with Crippen molar-refractivity contribution in [2.75, 3.05) is 0 Å². The Morgan fingerprint density at radius 1 is 0.373 bits per heavy atom. The highest BCUT2D eigenvalue weighted by molar-refractivity contribution is 8.09. The zero-order valence-corrected chi connectivity index (χ0v) is 46.9. The van der Waals surface area contributed by atoms with Gasteiger partial charge in [0.2, 0.25) is 0 Å². The fourth-order valence-corrected chi connectivity index (χ4v) is 65.4. The lowest BCUT2D eigenvalue weighted by atomic mass is 9.98. The topological polar surface area (TPSA) is 52.0 Å². The summed E-state index contributed by atoms with van der Waals surface area (Å²) in [6.07, 6.45) is 3.65. The van der Waals surface area contributed by atoms with Gasteiger partial charge in [-0.15, -0.1) is 66.5 Å². The second-order valence-corrected chi connectivity index (χ2v) is 60.1. The predicted octanol–water partition coefficient (Wildman–Crippen LogP) is 15.7. The van der Waals surface area contributed by atoms with Gasteiger partial charge in [0.15, 0.2) is 0 Å². The number of hydrogen-bond acceptors (Lipinski definition) is 3. The van der Waals surface area contributed by atoms with Crippen LogP contribution in [0, 0.1) is 0 Å². The van der Waals surface area contributed by atoms with E-state index in [1.807, 2.05) is 0 Å². The summed E-state index contributed by atoms with van der Waals surface area (Å²) in [5.74, 6) is 0. The van der Waals surface area contributed by atoms with E-state index >= 15 is 0 Å². The molecule has 0 bridgehead atoms. The molecule has 0 aliphatic rings. The van der Waals surface area contributed by atoms with Gasteiger partial charge in [0.05, 0.1) is 32.3 Å². The molecule has 0 aliphatic carbocycles. The molecule has 0 heterocycles. The maximum atomic E-state index is 8.54. The van der Waals surface area contributed by atoms with Crippen LogP contribution in [-0.2, 0) is 0 Å². The lowest BCUT2D eigenvalue weighted by Gasteiger charge is -2.74. The highest BCUT2D eigenvalue weighted by atomic mass is 35.8. The molecule has 0 rings (SSSR count). The van der Waals surface area contributed by atoms with Crippen molar-refractivity contribution in [3.63, 3.8) is 0 Å². The standard InChI is InChI=1S/C36H82Cl6N2SSi6/c1-15-29-33(43,31-50(37,38)39)35(46(17-3,18-4)19-5,47(20-6,21-7)22-8)45-36(48(23-9,24-10)25-11,49(26-12,27-13)28-14)34(44,30-16-2)32-51(40,41)42/h15-32,43-44H2,1-14H3. The second-order valence-electron chi connectivity index (χ2n) is 16.2. The minimum atomic E-state index is -3.23. The molecule has 51 heavy (non-hydrogen) atoms. The van der Waals surface area contributed by atoms with E-state index in [1.54, 1.807) is 0 Å². The Hall–Kier alpha value is 3.31. The molecule has 4 N–H and O–H groups in total. The third kappa shape index (κ3) is 9.86. The SMILES string of the molecule is CCCC(N)(C[Si](Cl)(Cl)Cl)C(SC(C(N)(CCC)C[Si](Cl)(Cl)Cl)([Si](CC)(CC)CC)[Si](CC)(CC)CC)([Si](CC)(CC)CC)[Si](CC)(CC)CC. The van der Waals surface area contributed by atoms with Gasteiger partial charge >= 0.3 is 12.0 Å². The third-order valence-electron chi connectivity index (χ3n) is 15.2. The fourth-order valence-electron chi connectivity index (χ4n) is 12.5. The first-order valence-electron chi connectivity index (χ1n) is 20.9. The highest BCUT2D eigenvalue weighted by Crippen LogP contribution is 2.70. The molecular formula is C36H82Cl6N2SSi6. The average Bonchev–Trinajstić information content (AvgIpc) is 3.06. The van der Waals surface area contributed by atoms with E-state index in [-0.39, 0.29) is 7.99 Å². The molecule has 0 aliphatic heterocycles. The van der Waals surface area contributed by atoms with Crippen molar-refractivity contribution in [1.29, 1.82) is 0 Å². The summed E-state index contributed by atoms with van der Waals surface area (Å²) in [6.45, 7) is 34.6. The summed E-state index contributed by atoms with van der Waals surface area (Å²) in [5, 5.41) is 0. The van der Waals surface area contributed by atoms with Crippen LogP contribution in [0.2, 0.25) is 84.6 Å². The Balaban J connectivity index is 10.2. The fraction of sp³-hybridized carbons (Fsp3) is 1.00. The van der Waals surface area contributed by atoms with Crippen LogP contribution < -0.4 is 11.5 Å². The lowest BCUT2D eigenvalue weighted by molar-refractivity contribution is 0.395. The van der Waals surface area contributed by atoms with Gasteiger partial charge in [0, 0.05) is 31.2 Å². The number of thioether (sulfide) groups is 1. The Labute approximate surface area is 357 Å². The van der Waals surface area contributed by atoms with Gasteiger partial charge in [-0.2, -0.15) is 11.8 Å². The molecule has 0 spiro atoms. The molecule has 0 amide bonds. The van der Waals surface area contributed by atoms with Crippen LogP contribution in [0.4, 0.5) is 0 Å². The molecule has 0 aromatic carbocycles. The van der Waals surface area contributed by atoms with Gasteiger partial charge in [-0.05, 0) is 12.8 Å². The Morgan fingerprint density at radius 3 is 0.667 bits per heavy atom. The molecule has 2 unspecified atom stereocenters. The number of rotatable bonds is 28. The molecule has 0 radical (unpaired) electrons. The molecule has 0 fully saturated rings. The summed E-state index contributed by atoms with van der Waals surface area (Å²) in [4.78, 5) is 0. The summed E-state index contributed by atoms with van der Waals surface area (Å²) in [7, 11) is -9.30. The molecule has 2 atom stereocenters.